The molecule has 0 radical (unpaired) electrons. The Morgan fingerprint density at radius 1 is 1.45 bits per heavy atom. The van der Waals surface area contributed by atoms with Crippen LogP contribution in [0.5, 0.6) is 0 Å². The van der Waals surface area contributed by atoms with Crippen molar-refractivity contribution in [2.45, 2.75) is 38.0 Å². The number of carbonyl (C=O) groups excluding carboxylic acids is 1. The highest BCUT2D eigenvalue weighted by atomic mass is 32.2. The number of hydrogen-bond acceptors (Lipinski definition) is 3. The molecule has 0 aromatic heterocycles. The molecule has 0 fully saturated rings. The predicted octanol–water partition coefficient (Wildman–Crippen LogP) is 2.51. The van der Waals surface area contributed by atoms with Crippen molar-refractivity contribution >= 4 is 17.7 Å². The quantitative estimate of drug-likeness (QED) is 0.877. The molecule has 0 aliphatic carbocycles. The summed E-state index contributed by atoms with van der Waals surface area (Å²) in [6, 6.07) is 8.34. The number of carbonyl (C=O) groups is 1. The van der Waals surface area contributed by atoms with E-state index in [-0.39, 0.29) is 17.2 Å². The molecule has 0 spiro atoms. The minimum absolute atomic E-state index is 0.0807. The van der Waals surface area contributed by atoms with Gasteiger partial charge >= 0.3 is 0 Å². The van der Waals surface area contributed by atoms with Gasteiger partial charge in [0.15, 0.2) is 0 Å². The van der Waals surface area contributed by atoms with Crippen LogP contribution in [0.25, 0.3) is 0 Å². The fourth-order valence-corrected chi connectivity index (χ4v) is 3.87. The Balaban J connectivity index is 2.06. The van der Waals surface area contributed by atoms with Crippen molar-refractivity contribution < 1.29 is 4.79 Å². The van der Waals surface area contributed by atoms with Gasteiger partial charge in [-0.2, -0.15) is 0 Å². The average Bonchev–Trinajstić information content (AvgIpc) is 2.45. The van der Waals surface area contributed by atoms with E-state index < -0.39 is 0 Å². The first-order chi connectivity index (χ1) is 9.61. The van der Waals surface area contributed by atoms with E-state index in [9.17, 15) is 4.79 Å². The zero-order valence-electron chi connectivity index (χ0n) is 12.3. The zero-order valence-corrected chi connectivity index (χ0v) is 13.1. The topological polar surface area (TPSA) is 55.1 Å². The highest BCUT2D eigenvalue weighted by Gasteiger charge is 2.28. The van der Waals surface area contributed by atoms with Crippen LogP contribution in [0.1, 0.15) is 36.6 Å². The average molecular weight is 292 g/mol. The molecule has 3 nitrogen and oxygen atoms in total. The van der Waals surface area contributed by atoms with Gasteiger partial charge in [0.2, 0.25) is 5.91 Å². The van der Waals surface area contributed by atoms with Crippen LogP contribution in [-0.4, -0.2) is 24.2 Å². The summed E-state index contributed by atoms with van der Waals surface area (Å²) in [6.07, 6.45) is 1.98. The standard InChI is InChI=1S/C16H24N2OS/c1-11(2)9-13(10-17)18-16(19)15-14-6-4-3-5-12(14)7-8-20-15/h3-6,11,13,15H,7-10,17H2,1-2H3,(H,18,19). The summed E-state index contributed by atoms with van der Waals surface area (Å²) in [5.41, 5.74) is 8.25. The second kappa shape index (κ2) is 7.14. The van der Waals surface area contributed by atoms with Crippen LogP contribution in [0, 0.1) is 5.92 Å². The maximum Gasteiger partial charge on any atom is 0.237 e. The lowest BCUT2D eigenvalue weighted by atomic mass is 10.00. The van der Waals surface area contributed by atoms with Gasteiger partial charge in [-0.1, -0.05) is 38.1 Å². The monoisotopic (exact) mass is 292 g/mol. The fourth-order valence-electron chi connectivity index (χ4n) is 2.67. The SMILES string of the molecule is CC(C)CC(CN)NC(=O)C1SCCc2ccccc21. The fraction of sp³-hybridized carbons (Fsp3) is 0.562. The van der Waals surface area contributed by atoms with E-state index >= 15 is 0 Å². The molecule has 110 valence electrons. The molecule has 2 rings (SSSR count). The second-order valence-electron chi connectivity index (χ2n) is 5.77. The van der Waals surface area contributed by atoms with E-state index in [0.29, 0.717) is 12.5 Å². The molecule has 1 aromatic rings. The maximum atomic E-state index is 12.5. The molecular formula is C16H24N2OS. The first kappa shape index (κ1) is 15.4. The van der Waals surface area contributed by atoms with E-state index in [2.05, 4.69) is 31.3 Å². The van der Waals surface area contributed by atoms with E-state index in [1.807, 2.05) is 12.1 Å². The van der Waals surface area contributed by atoms with Gasteiger partial charge in [0.05, 0.1) is 0 Å². The third-order valence-electron chi connectivity index (χ3n) is 3.62. The Kier molecular flexibility index (Phi) is 5.49. The molecule has 3 N–H and O–H groups in total. The Labute approximate surface area is 125 Å². The number of benzene rings is 1. The molecule has 20 heavy (non-hydrogen) atoms. The zero-order chi connectivity index (χ0) is 14.5. The van der Waals surface area contributed by atoms with Crippen molar-refractivity contribution in [3.05, 3.63) is 35.4 Å². The second-order valence-corrected chi connectivity index (χ2v) is 6.98. The van der Waals surface area contributed by atoms with Gasteiger partial charge in [-0.3, -0.25) is 4.79 Å². The molecule has 1 aliphatic rings. The summed E-state index contributed by atoms with van der Waals surface area (Å²) >= 11 is 1.73. The molecule has 2 atom stereocenters. The van der Waals surface area contributed by atoms with Crippen molar-refractivity contribution in [1.82, 2.24) is 5.32 Å². The van der Waals surface area contributed by atoms with E-state index in [4.69, 9.17) is 5.73 Å². The third kappa shape index (κ3) is 3.76. The van der Waals surface area contributed by atoms with Crippen LogP contribution in [0.15, 0.2) is 24.3 Å². The number of hydrogen-bond donors (Lipinski definition) is 2. The number of nitrogens with one attached hydrogen (secondary N) is 1. The summed E-state index contributed by atoms with van der Waals surface area (Å²) in [7, 11) is 0. The van der Waals surface area contributed by atoms with Crippen molar-refractivity contribution in [2.24, 2.45) is 11.7 Å². The van der Waals surface area contributed by atoms with Gasteiger partial charge in [0.25, 0.3) is 0 Å². The first-order valence-corrected chi connectivity index (χ1v) is 8.36. The molecule has 0 saturated carbocycles. The minimum atomic E-state index is -0.0823. The van der Waals surface area contributed by atoms with E-state index in [0.717, 1.165) is 18.6 Å². The molecular weight excluding hydrogens is 268 g/mol. The summed E-state index contributed by atoms with van der Waals surface area (Å²) < 4.78 is 0. The maximum absolute atomic E-state index is 12.5. The van der Waals surface area contributed by atoms with Gasteiger partial charge in [-0.05, 0) is 35.6 Å². The van der Waals surface area contributed by atoms with Crippen LogP contribution >= 0.6 is 11.8 Å². The van der Waals surface area contributed by atoms with E-state index in [1.54, 1.807) is 11.8 Å². The lowest BCUT2D eigenvalue weighted by molar-refractivity contribution is -0.121. The molecule has 1 amide bonds. The number of thioether (sulfide) groups is 1. The van der Waals surface area contributed by atoms with Gasteiger partial charge in [-0.25, -0.2) is 0 Å². The van der Waals surface area contributed by atoms with Crippen molar-refractivity contribution in [1.29, 1.82) is 0 Å². The van der Waals surface area contributed by atoms with Crippen molar-refractivity contribution in [2.75, 3.05) is 12.3 Å². The summed E-state index contributed by atoms with van der Waals surface area (Å²) in [5, 5.41) is 3.04. The molecule has 1 aromatic carbocycles. The van der Waals surface area contributed by atoms with Crippen LogP contribution in [0.3, 0.4) is 0 Å². The van der Waals surface area contributed by atoms with Gasteiger partial charge in [-0.15, -0.1) is 11.8 Å². The Bertz CT molecular complexity index is 462. The molecule has 2 unspecified atom stereocenters. The Morgan fingerprint density at radius 2 is 2.20 bits per heavy atom. The summed E-state index contributed by atoms with van der Waals surface area (Å²) in [4.78, 5) is 12.5. The number of rotatable bonds is 5. The van der Waals surface area contributed by atoms with Crippen LogP contribution in [0.4, 0.5) is 0 Å². The Morgan fingerprint density at radius 3 is 2.90 bits per heavy atom. The number of fused-ring (bicyclic) bond motifs is 1. The summed E-state index contributed by atoms with van der Waals surface area (Å²) in [5.74, 6) is 1.65. The minimum Gasteiger partial charge on any atom is -0.351 e. The smallest absolute Gasteiger partial charge is 0.237 e. The first-order valence-electron chi connectivity index (χ1n) is 7.31. The van der Waals surface area contributed by atoms with Crippen molar-refractivity contribution in [3.8, 4) is 0 Å². The lowest BCUT2D eigenvalue weighted by Crippen LogP contribution is -2.43. The normalized spacial score (nSPS) is 19.5. The van der Waals surface area contributed by atoms with E-state index in [1.165, 1.54) is 11.1 Å². The van der Waals surface area contributed by atoms with Crippen molar-refractivity contribution in [3.63, 3.8) is 0 Å². The van der Waals surface area contributed by atoms with Gasteiger partial charge in [0.1, 0.15) is 5.25 Å². The molecule has 4 heteroatoms. The van der Waals surface area contributed by atoms with Gasteiger partial charge in [0, 0.05) is 12.6 Å². The summed E-state index contributed by atoms with van der Waals surface area (Å²) in [6.45, 7) is 4.81. The molecule has 0 bridgehead atoms. The predicted molar refractivity (Wildman–Crippen MR) is 85.8 cm³/mol. The number of nitrogens with two attached hydrogens (primary N) is 1. The van der Waals surface area contributed by atoms with Crippen LogP contribution in [-0.2, 0) is 11.2 Å². The van der Waals surface area contributed by atoms with Crippen LogP contribution < -0.4 is 11.1 Å². The highest BCUT2D eigenvalue weighted by molar-refractivity contribution is 8.00. The largest absolute Gasteiger partial charge is 0.351 e. The van der Waals surface area contributed by atoms with Crippen LogP contribution in [0.2, 0.25) is 0 Å². The van der Waals surface area contributed by atoms with Gasteiger partial charge < -0.3 is 11.1 Å². The Hall–Kier alpha value is -1.00. The molecule has 1 aliphatic heterocycles. The third-order valence-corrected chi connectivity index (χ3v) is 4.86. The molecule has 0 saturated heterocycles. The molecule has 1 heterocycles. The number of amides is 1. The number of aryl methyl sites for hydroxylation is 1. The highest BCUT2D eigenvalue weighted by Crippen LogP contribution is 2.36. The lowest BCUT2D eigenvalue weighted by Gasteiger charge is -2.27.